The Hall–Kier alpha value is -2.45. The quantitative estimate of drug-likeness (QED) is 0.521. The highest BCUT2D eigenvalue weighted by Gasteiger charge is 2.46. The maximum Gasteiger partial charge on any atom is 0.343 e. The number of fused-ring (bicyclic) bond motifs is 3. The standard InChI is InChI=1S/C26H31FN2O4S/c1-4-29(5-2)13-15-10-19(15)21-12-17(27)6-9-23(21)34(31)28-22-8-7-18-20-11-16(20)14-33-25(18)24(22)26(30)32-3/h6-9,12,15-16,19-20,28H,4-5,10-11,13-14H2,1-3H3. The molecule has 3 aliphatic rings. The molecule has 5 unspecified atom stereocenters. The van der Waals surface area contributed by atoms with E-state index in [0.29, 0.717) is 40.7 Å². The highest BCUT2D eigenvalue weighted by atomic mass is 32.2. The molecule has 1 heterocycles. The lowest BCUT2D eigenvalue weighted by Crippen LogP contribution is -2.25. The fraction of sp³-hybridized carbons (Fsp3) is 0.500. The molecule has 1 aliphatic heterocycles. The summed E-state index contributed by atoms with van der Waals surface area (Å²) in [6.45, 7) is 7.75. The van der Waals surface area contributed by atoms with Crippen molar-refractivity contribution in [3.63, 3.8) is 0 Å². The van der Waals surface area contributed by atoms with Gasteiger partial charge < -0.3 is 19.1 Å². The molecular formula is C26H31FN2O4S. The number of nitrogens with zero attached hydrogens (tertiary/aromatic N) is 1. The molecule has 0 aromatic heterocycles. The van der Waals surface area contributed by atoms with E-state index in [0.717, 1.165) is 43.6 Å². The van der Waals surface area contributed by atoms with E-state index in [1.807, 2.05) is 6.07 Å². The third-order valence-corrected chi connectivity index (χ3v) is 8.60. The predicted molar refractivity (Wildman–Crippen MR) is 129 cm³/mol. The van der Waals surface area contributed by atoms with Gasteiger partial charge >= 0.3 is 5.97 Å². The normalized spacial score (nSPS) is 25.1. The first-order valence-electron chi connectivity index (χ1n) is 12.0. The number of carbonyl (C=O) groups excluding carboxylic acids is 1. The Labute approximate surface area is 202 Å². The van der Waals surface area contributed by atoms with Crippen LogP contribution in [0.25, 0.3) is 0 Å². The molecule has 6 nitrogen and oxygen atoms in total. The van der Waals surface area contributed by atoms with Crippen molar-refractivity contribution in [2.45, 2.75) is 43.4 Å². The summed E-state index contributed by atoms with van der Waals surface area (Å²) in [7, 11) is -0.362. The van der Waals surface area contributed by atoms with Gasteiger partial charge in [0.15, 0.2) is 11.0 Å². The lowest BCUT2D eigenvalue weighted by atomic mass is 10.0. The Morgan fingerprint density at radius 2 is 1.97 bits per heavy atom. The molecule has 2 aromatic carbocycles. The minimum atomic E-state index is -1.69. The smallest absolute Gasteiger partial charge is 0.343 e. The van der Waals surface area contributed by atoms with Crippen molar-refractivity contribution in [1.82, 2.24) is 4.90 Å². The number of hydrogen-bond donors (Lipinski definition) is 1. The van der Waals surface area contributed by atoms with Crippen LogP contribution < -0.4 is 9.46 Å². The summed E-state index contributed by atoms with van der Waals surface area (Å²) in [5.74, 6) is 1.18. The van der Waals surface area contributed by atoms with Crippen LogP contribution in [0.4, 0.5) is 10.1 Å². The van der Waals surface area contributed by atoms with Gasteiger partial charge in [0.05, 0.1) is 24.3 Å². The van der Waals surface area contributed by atoms with Crippen LogP contribution in [0.3, 0.4) is 0 Å². The molecule has 5 atom stereocenters. The molecule has 0 amide bonds. The molecule has 0 spiro atoms. The summed E-state index contributed by atoms with van der Waals surface area (Å²) in [6, 6.07) is 8.15. The van der Waals surface area contributed by atoms with E-state index in [9.17, 15) is 13.4 Å². The summed E-state index contributed by atoms with van der Waals surface area (Å²) in [6.07, 6.45) is 2.01. The van der Waals surface area contributed by atoms with Crippen LogP contribution in [-0.2, 0) is 15.7 Å². The third-order valence-electron chi connectivity index (χ3n) is 7.42. The zero-order valence-electron chi connectivity index (χ0n) is 19.8. The average Bonchev–Trinajstić information content (AvgIpc) is 3.76. The first-order valence-corrected chi connectivity index (χ1v) is 13.2. The van der Waals surface area contributed by atoms with Crippen molar-refractivity contribution < 1.29 is 22.9 Å². The van der Waals surface area contributed by atoms with Gasteiger partial charge in [0.1, 0.15) is 17.1 Å². The Bertz CT molecular complexity index is 1140. The van der Waals surface area contributed by atoms with E-state index in [1.165, 1.54) is 19.2 Å². The molecule has 1 N–H and O–H groups in total. The van der Waals surface area contributed by atoms with Gasteiger partial charge in [0.2, 0.25) is 0 Å². The molecule has 0 saturated heterocycles. The molecule has 2 aliphatic carbocycles. The minimum absolute atomic E-state index is 0.177. The van der Waals surface area contributed by atoms with E-state index < -0.39 is 17.0 Å². The van der Waals surface area contributed by atoms with Crippen LogP contribution in [0, 0.1) is 17.7 Å². The summed E-state index contributed by atoms with van der Waals surface area (Å²) in [5, 5.41) is 0. The fourth-order valence-electron chi connectivity index (χ4n) is 5.22. The zero-order chi connectivity index (χ0) is 24.0. The monoisotopic (exact) mass is 486 g/mol. The van der Waals surface area contributed by atoms with Gasteiger partial charge in [0, 0.05) is 12.5 Å². The first kappa shape index (κ1) is 23.3. The molecule has 2 fully saturated rings. The van der Waals surface area contributed by atoms with Gasteiger partial charge in [-0.05, 0) is 79.1 Å². The maximum absolute atomic E-state index is 14.2. The summed E-state index contributed by atoms with van der Waals surface area (Å²) in [4.78, 5) is 15.6. The average molecular weight is 487 g/mol. The minimum Gasteiger partial charge on any atom is -0.492 e. The Kier molecular flexibility index (Phi) is 6.37. The summed E-state index contributed by atoms with van der Waals surface area (Å²) >= 11 is 0. The molecule has 5 rings (SSSR count). The molecule has 34 heavy (non-hydrogen) atoms. The van der Waals surface area contributed by atoms with Gasteiger partial charge in [0.25, 0.3) is 0 Å². The number of carbonyl (C=O) groups is 1. The van der Waals surface area contributed by atoms with Crippen LogP contribution in [0.2, 0.25) is 0 Å². The van der Waals surface area contributed by atoms with Crippen molar-refractivity contribution in [2.75, 3.05) is 38.1 Å². The van der Waals surface area contributed by atoms with Crippen molar-refractivity contribution in [2.24, 2.45) is 11.8 Å². The second kappa shape index (κ2) is 9.30. The maximum atomic E-state index is 14.2. The molecule has 2 aromatic rings. The van der Waals surface area contributed by atoms with Crippen LogP contribution in [0.5, 0.6) is 5.75 Å². The van der Waals surface area contributed by atoms with E-state index in [-0.39, 0.29) is 17.3 Å². The molecule has 8 heteroatoms. The lowest BCUT2D eigenvalue weighted by molar-refractivity contribution is 0.0596. The number of halogens is 1. The van der Waals surface area contributed by atoms with Crippen LogP contribution in [-0.4, -0.2) is 48.4 Å². The number of methoxy groups -OCH3 is 1. The Morgan fingerprint density at radius 3 is 2.71 bits per heavy atom. The zero-order valence-corrected chi connectivity index (χ0v) is 20.6. The number of ether oxygens (including phenoxy) is 2. The molecule has 0 bridgehead atoms. The molecule has 182 valence electrons. The number of benzene rings is 2. The van der Waals surface area contributed by atoms with Crippen LogP contribution in [0.15, 0.2) is 35.2 Å². The largest absolute Gasteiger partial charge is 0.492 e. The SMILES string of the molecule is CCN(CC)CC1CC1c1cc(F)ccc1S(=O)Nc1ccc2c(c1C(=O)OC)OCC1CC21. The van der Waals surface area contributed by atoms with Crippen molar-refractivity contribution in [3.8, 4) is 5.75 Å². The summed E-state index contributed by atoms with van der Waals surface area (Å²) in [5.41, 5.74) is 2.45. The molecule has 0 radical (unpaired) electrons. The molecular weight excluding hydrogens is 455 g/mol. The molecule has 2 saturated carbocycles. The summed E-state index contributed by atoms with van der Waals surface area (Å²) < 4.78 is 41.6. The highest BCUT2D eigenvalue weighted by molar-refractivity contribution is 7.86. The highest BCUT2D eigenvalue weighted by Crippen LogP contribution is 2.55. The van der Waals surface area contributed by atoms with Gasteiger partial charge in [-0.15, -0.1) is 0 Å². The lowest BCUT2D eigenvalue weighted by Gasteiger charge is -2.22. The number of anilines is 1. The third kappa shape index (κ3) is 4.33. The number of rotatable bonds is 9. The number of esters is 1. The van der Waals surface area contributed by atoms with Gasteiger partial charge in [-0.25, -0.2) is 13.4 Å². The van der Waals surface area contributed by atoms with Crippen molar-refractivity contribution >= 4 is 22.6 Å². The topological polar surface area (TPSA) is 67.9 Å². The van der Waals surface area contributed by atoms with Crippen LogP contribution in [0.1, 0.15) is 60.0 Å². The van der Waals surface area contributed by atoms with Gasteiger partial charge in [-0.2, -0.15) is 0 Å². The second-order valence-corrected chi connectivity index (χ2v) is 10.6. The van der Waals surface area contributed by atoms with E-state index in [2.05, 4.69) is 23.5 Å². The first-order chi connectivity index (χ1) is 16.4. The van der Waals surface area contributed by atoms with Crippen molar-refractivity contribution in [1.29, 1.82) is 0 Å². The number of hydrogen-bond acceptors (Lipinski definition) is 5. The van der Waals surface area contributed by atoms with Crippen molar-refractivity contribution in [3.05, 3.63) is 52.8 Å². The fourth-order valence-corrected chi connectivity index (χ4v) is 6.31. The Morgan fingerprint density at radius 1 is 1.18 bits per heavy atom. The Balaban J connectivity index is 1.42. The van der Waals surface area contributed by atoms with Gasteiger partial charge in [-0.3, -0.25) is 0 Å². The predicted octanol–water partition coefficient (Wildman–Crippen LogP) is 4.69. The van der Waals surface area contributed by atoms with Crippen LogP contribution >= 0.6 is 0 Å². The van der Waals surface area contributed by atoms with E-state index >= 15 is 0 Å². The van der Waals surface area contributed by atoms with Gasteiger partial charge in [-0.1, -0.05) is 19.9 Å². The number of nitrogens with one attached hydrogen (secondary N) is 1. The second-order valence-electron chi connectivity index (χ2n) is 9.45. The van der Waals surface area contributed by atoms with E-state index in [4.69, 9.17) is 9.47 Å². The van der Waals surface area contributed by atoms with E-state index in [1.54, 1.807) is 12.1 Å².